The molecule has 10 nitrogen and oxygen atoms in total. The van der Waals surface area contributed by atoms with Crippen LogP contribution in [0.5, 0.6) is 17.8 Å². The highest BCUT2D eigenvalue weighted by molar-refractivity contribution is 5.85. The Hall–Kier alpha value is -3.36. The fraction of sp³-hybridized carbons (Fsp3) is 0.485. The lowest BCUT2D eigenvalue weighted by molar-refractivity contribution is -0.154. The second kappa shape index (κ2) is 17.9. The van der Waals surface area contributed by atoms with Crippen LogP contribution in [-0.4, -0.2) is 116 Å². The molecule has 2 fully saturated rings. The largest absolute Gasteiger partial charge is 0.481 e. The number of aromatic nitrogens is 2. The summed E-state index contributed by atoms with van der Waals surface area (Å²) in [6, 6.07) is 20.4. The monoisotopic (exact) mass is 715 g/mol. The van der Waals surface area contributed by atoms with Crippen molar-refractivity contribution in [3.05, 3.63) is 77.4 Å². The molecular formula is C33H42Cl2F3N5O5. The van der Waals surface area contributed by atoms with Crippen molar-refractivity contribution in [2.45, 2.75) is 37.1 Å². The number of halogens is 5. The summed E-state index contributed by atoms with van der Waals surface area (Å²) in [4.78, 5) is 28.0. The van der Waals surface area contributed by atoms with Crippen LogP contribution in [-0.2, 0) is 16.1 Å². The van der Waals surface area contributed by atoms with Gasteiger partial charge in [-0.15, -0.1) is 24.8 Å². The van der Waals surface area contributed by atoms with E-state index in [1.54, 1.807) is 7.11 Å². The number of benzene rings is 2. The fourth-order valence-corrected chi connectivity index (χ4v) is 6.48. The number of rotatable bonds is 12. The average molecular weight is 717 g/mol. The van der Waals surface area contributed by atoms with Crippen molar-refractivity contribution in [3.63, 3.8) is 0 Å². The first-order chi connectivity index (χ1) is 22.2. The van der Waals surface area contributed by atoms with Crippen LogP contribution in [0.15, 0.2) is 60.7 Å². The first kappa shape index (κ1) is 39.1. The van der Waals surface area contributed by atoms with E-state index in [1.165, 1.54) is 14.2 Å². The third-order valence-corrected chi connectivity index (χ3v) is 8.48. The van der Waals surface area contributed by atoms with Gasteiger partial charge in [0.05, 0.1) is 32.8 Å². The summed E-state index contributed by atoms with van der Waals surface area (Å²) in [5.74, 6) is -0.155. The topological polar surface area (TPSA) is 89.5 Å². The molecule has 3 heterocycles. The van der Waals surface area contributed by atoms with Gasteiger partial charge in [-0.25, -0.2) is 0 Å². The number of amides is 1. The van der Waals surface area contributed by atoms with Crippen molar-refractivity contribution >= 4 is 30.7 Å². The van der Waals surface area contributed by atoms with E-state index in [4.69, 9.17) is 18.9 Å². The van der Waals surface area contributed by atoms with E-state index in [9.17, 15) is 18.0 Å². The molecular weight excluding hydrogens is 674 g/mol. The Morgan fingerprint density at radius 2 is 1.50 bits per heavy atom. The molecule has 2 aliphatic rings. The van der Waals surface area contributed by atoms with E-state index in [1.807, 2.05) is 41.3 Å². The van der Waals surface area contributed by atoms with Crippen molar-refractivity contribution in [3.8, 4) is 17.8 Å². The Kier molecular flexibility index (Phi) is 14.5. The Labute approximate surface area is 291 Å². The molecule has 0 spiro atoms. The molecule has 2 saturated heterocycles. The molecule has 0 N–H and O–H groups in total. The van der Waals surface area contributed by atoms with Crippen molar-refractivity contribution < 1.29 is 36.9 Å². The first-order valence-electron chi connectivity index (χ1n) is 15.2. The summed E-state index contributed by atoms with van der Waals surface area (Å²) in [5, 5.41) is 0. The molecule has 264 valence electrons. The van der Waals surface area contributed by atoms with Crippen LogP contribution in [0, 0.1) is 0 Å². The van der Waals surface area contributed by atoms with E-state index >= 15 is 0 Å². The Bertz CT molecular complexity index is 1400. The quantitative estimate of drug-likeness (QED) is 0.261. The van der Waals surface area contributed by atoms with Gasteiger partial charge < -0.3 is 23.8 Å². The number of hydrogen-bond donors (Lipinski definition) is 0. The molecule has 1 aromatic heterocycles. The van der Waals surface area contributed by atoms with Gasteiger partial charge in [0, 0.05) is 64.4 Å². The third-order valence-electron chi connectivity index (χ3n) is 8.48. The SMILES string of the molecule is COCCC(=O)N1CCN2C(C(c3ccccc3)c3ccccc3)CN(Cc3c(OC)nc(OC)nc3OCC(F)(F)F)C[C@@H]2C1.Cl.Cl. The van der Waals surface area contributed by atoms with Crippen LogP contribution in [0.1, 0.15) is 29.0 Å². The third kappa shape index (κ3) is 9.63. The normalized spacial score (nSPS) is 18.4. The molecule has 3 aromatic rings. The van der Waals surface area contributed by atoms with Gasteiger partial charge in [-0.2, -0.15) is 23.1 Å². The number of hydrogen-bond acceptors (Lipinski definition) is 9. The number of carbonyl (C=O) groups is 1. The van der Waals surface area contributed by atoms with Gasteiger partial charge in [-0.1, -0.05) is 60.7 Å². The summed E-state index contributed by atoms with van der Waals surface area (Å²) in [5.41, 5.74) is 2.59. The minimum atomic E-state index is -4.57. The summed E-state index contributed by atoms with van der Waals surface area (Å²) < 4.78 is 60.7. The number of fused-ring (bicyclic) bond motifs is 1. The van der Waals surface area contributed by atoms with E-state index in [0.29, 0.717) is 51.3 Å². The second-order valence-corrected chi connectivity index (χ2v) is 11.4. The van der Waals surface area contributed by atoms with E-state index in [-0.39, 0.29) is 73.0 Å². The maximum Gasteiger partial charge on any atom is 0.422 e. The van der Waals surface area contributed by atoms with Gasteiger partial charge in [0.25, 0.3) is 0 Å². The number of methoxy groups -OCH3 is 3. The number of nitrogens with zero attached hydrogens (tertiary/aromatic N) is 5. The van der Waals surface area contributed by atoms with Crippen molar-refractivity contribution in [2.24, 2.45) is 0 Å². The van der Waals surface area contributed by atoms with Crippen LogP contribution < -0.4 is 14.2 Å². The van der Waals surface area contributed by atoms with Crippen molar-refractivity contribution in [1.82, 2.24) is 24.7 Å². The van der Waals surface area contributed by atoms with Gasteiger partial charge in [-0.3, -0.25) is 14.6 Å². The number of alkyl halides is 3. The molecule has 2 aromatic carbocycles. The highest BCUT2D eigenvalue weighted by Crippen LogP contribution is 2.38. The maximum absolute atomic E-state index is 13.2. The Morgan fingerprint density at radius 3 is 2.06 bits per heavy atom. The molecule has 15 heteroatoms. The lowest BCUT2D eigenvalue weighted by Crippen LogP contribution is -2.67. The fourth-order valence-electron chi connectivity index (χ4n) is 6.48. The van der Waals surface area contributed by atoms with Crippen molar-refractivity contribution in [1.29, 1.82) is 0 Å². The van der Waals surface area contributed by atoms with Crippen LogP contribution >= 0.6 is 24.8 Å². The smallest absolute Gasteiger partial charge is 0.422 e. The molecule has 1 unspecified atom stereocenters. The van der Waals surface area contributed by atoms with Crippen LogP contribution in [0.2, 0.25) is 0 Å². The molecule has 1 amide bonds. The van der Waals surface area contributed by atoms with Gasteiger partial charge >= 0.3 is 12.2 Å². The molecule has 2 aliphatic heterocycles. The highest BCUT2D eigenvalue weighted by Gasteiger charge is 2.43. The molecule has 5 rings (SSSR count). The van der Waals surface area contributed by atoms with E-state index in [2.05, 4.69) is 44.0 Å². The zero-order chi connectivity index (χ0) is 32.7. The van der Waals surface area contributed by atoms with E-state index < -0.39 is 12.8 Å². The lowest BCUT2D eigenvalue weighted by atomic mass is 9.81. The number of piperazine rings is 2. The zero-order valence-electron chi connectivity index (χ0n) is 27.1. The molecule has 0 bridgehead atoms. The zero-order valence-corrected chi connectivity index (χ0v) is 28.7. The average Bonchev–Trinajstić information content (AvgIpc) is 3.07. The predicted molar refractivity (Wildman–Crippen MR) is 179 cm³/mol. The van der Waals surface area contributed by atoms with Gasteiger partial charge in [0.1, 0.15) is 0 Å². The molecule has 2 atom stereocenters. The second-order valence-electron chi connectivity index (χ2n) is 11.4. The first-order valence-corrected chi connectivity index (χ1v) is 15.2. The molecule has 0 radical (unpaired) electrons. The summed E-state index contributed by atoms with van der Waals surface area (Å²) >= 11 is 0. The Balaban J connectivity index is 0.00000312. The van der Waals surface area contributed by atoms with Crippen LogP contribution in [0.25, 0.3) is 0 Å². The number of ether oxygens (including phenoxy) is 4. The summed E-state index contributed by atoms with van der Waals surface area (Å²) in [6.07, 6.45) is -4.27. The molecule has 0 saturated carbocycles. The van der Waals surface area contributed by atoms with Gasteiger partial charge in [0.2, 0.25) is 17.7 Å². The summed E-state index contributed by atoms with van der Waals surface area (Å²) in [7, 11) is 4.29. The minimum absolute atomic E-state index is 0. The van der Waals surface area contributed by atoms with E-state index in [0.717, 1.165) is 11.1 Å². The molecule has 0 aliphatic carbocycles. The standard InChI is InChI=1S/C33H40F3N5O5.2ClH/c1-43-17-14-28(42)40-15-16-41-25(19-40)18-39(20-26-30(44-2)37-32(45-3)38-31(26)46-22-33(34,35)36)21-27(41)29(23-10-6-4-7-11-23)24-12-8-5-9-13-24;;/h4-13,25,27,29H,14-22H2,1-3H3;2*1H/t25-,27?;;/m1../s1. The highest BCUT2D eigenvalue weighted by atomic mass is 35.5. The minimum Gasteiger partial charge on any atom is -0.481 e. The maximum atomic E-state index is 13.2. The molecule has 48 heavy (non-hydrogen) atoms. The number of carbonyl (C=O) groups excluding carboxylic acids is 1. The van der Waals surface area contributed by atoms with Gasteiger partial charge in [-0.05, 0) is 11.1 Å². The lowest BCUT2D eigenvalue weighted by Gasteiger charge is -2.53. The van der Waals surface area contributed by atoms with Crippen molar-refractivity contribution in [2.75, 3.05) is 67.3 Å². The van der Waals surface area contributed by atoms with Crippen LogP contribution in [0.3, 0.4) is 0 Å². The van der Waals surface area contributed by atoms with Crippen LogP contribution in [0.4, 0.5) is 13.2 Å². The van der Waals surface area contributed by atoms with Gasteiger partial charge in [0.15, 0.2) is 6.61 Å². The summed E-state index contributed by atoms with van der Waals surface area (Å²) in [6.45, 7) is 1.92. The predicted octanol–water partition coefficient (Wildman–Crippen LogP) is 4.84. The Morgan fingerprint density at radius 1 is 0.875 bits per heavy atom.